The Morgan fingerprint density at radius 1 is 1.23 bits per heavy atom. The number of carbonyl (C=O) groups excluding carboxylic acids is 1. The number of aromatic amines is 1. The number of aromatic nitrogens is 1. The average Bonchev–Trinajstić information content (AvgIpc) is 3.19. The summed E-state index contributed by atoms with van der Waals surface area (Å²) in [6.07, 6.45) is 1.74. The molecule has 1 aromatic heterocycles. The Morgan fingerprint density at radius 2 is 2.03 bits per heavy atom. The van der Waals surface area contributed by atoms with Gasteiger partial charge in [0.25, 0.3) is 5.91 Å². The number of hydrogen-bond acceptors (Lipinski definition) is 4. The Labute approximate surface area is 175 Å². The van der Waals surface area contributed by atoms with Crippen LogP contribution in [-0.4, -0.2) is 36.3 Å². The molecule has 1 aliphatic rings. The number of fused-ring (bicyclic) bond motifs is 1. The van der Waals surface area contributed by atoms with Crippen LogP contribution in [0.25, 0.3) is 22.0 Å². The number of nitrogens with one attached hydrogen (secondary N) is 2. The van der Waals surface area contributed by atoms with Gasteiger partial charge < -0.3 is 19.8 Å². The first-order valence-electron chi connectivity index (χ1n) is 10.3. The number of hydrogen-bond donors (Lipinski definition) is 2. The van der Waals surface area contributed by atoms with Crippen LogP contribution in [0.15, 0.2) is 42.5 Å². The summed E-state index contributed by atoms with van der Waals surface area (Å²) >= 11 is 0. The van der Waals surface area contributed by atoms with Gasteiger partial charge in [-0.2, -0.15) is 5.26 Å². The highest BCUT2D eigenvalue weighted by molar-refractivity contribution is 6.03. The van der Waals surface area contributed by atoms with Crippen LogP contribution in [0.1, 0.15) is 42.7 Å². The molecule has 6 nitrogen and oxygen atoms in total. The molecule has 6 heteroatoms. The second kappa shape index (κ2) is 8.60. The second-order valence-corrected chi connectivity index (χ2v) is 7.83. The molecule has 1 aliphatic heterocycles. The second-order valence-electron chi connectivity index (χ2n) is 7.83. The molecule has 0 bridgehead atoms. The maximum atomic E-state index is 12.4. The van der Waals surface area contributed by atoms with Crippen LogP contribution < -0.4 is 10.1 Å². The minimum absolute atomic E-state index is 0.0600. The molecular weight excluding hydrogens is 378 g/mol. The summed E-state index contributed by atoms with van der Waals surface area (Å²) in [7, 11) is 0. The third kappa shape index (κ3) is 4.17. The highest BCUT2D eigenvalue weighted by atomic mass is 16.5. The summed E-state index contributed by atoms with van der Waals surface area (Å²) in [5.41, 5.74) is 3.77. The van der Waals surface area contributed by atoms with Crippen LogP contribution in [0.3, 0.4) is 0 Å². The van der Waals surface area contributed by atoms with E-state index >= 15 is 0 Å². The SMILES string of the molecule is CC(C)NC(=O)c1cc2c(-c3ccc(OC4CCOCC4)c(C#N)c3)cccc2[nH]1. The van der Waals surface area contributed by atoms with E-state index < -0.39 is 0 Å². The van der Waals surface area contributed by atoms with Gasteiger partial charge >= 0.3 is 0 Å². The van der Waals surface area contributed by atoms with Crippen molar-refractivity contribution in [2.45, 2.75) is 38.8 Å². The molecule has 4 rings (SSSR count). The van der Waals surface area contributed by atoms with Crippen molar-refractivity contribution in [3.8, 4) is 22.9 Å². The molecule has 0 radical (unpaired) electrons. The molecule has 0 atom stereocenters. The quantitative estimate of drug-likeness (QED) is 0.661. The number of amides is 1. The third-order valence-corrected chi connectivity index (χ3v) is 5.20. The van der Waals surface area contributed by atoms with E-state index in [1.54, 1.807) is 0 Å². The minimum Gasteiger partial charge on any atom is -0.489 e. The molecule has 1 fully saturated rings. The van der Waals surface area contributed by atoms with Gasteiger partial charge in [0.05, 0.1) is 18.8 Å². The fourth-order valence-electron chi connectivity index (χ4n) is 3.73. The lowest BCUT2D eigenvalue weighted by Crippen LogP contribution is -2.30. The topological polar surface area (TPSA) is 87.1 Å². The van der Waals surface area contributed by atoms with Crippen LogP contribution in [0.4, 0.5) is 0 Å². The Bertz CT molecular complexity index is 1100. The molecule has 2 heterocycles. The van der Waals surface area contributed by atoms with Crippen molar-refractivity contribution < 1.29 is 14.3 Å². The van der Waals surface area contributed by atoms with E-state index in [1.807, 2.05) is 56.3 Å². The van der Waals surface area contributed by atoms with E-state index in [-0.39, 0.29) is 18.1 Å². The number of carbonyl (C=O) groups is 1. The van der Waals surface area contributed by atoms with Crippen molar-refractivity contribution >= 4 is 16.8 Å². The lowest BCUT2D eigenvalue weighted by atomic mass is 9.99. The normalized spacial score (nSPS) is 14.6. The van der Waals surface area contributed by atoms with Crippen molar-refractivity contribution in [3.63, 3.8) is 0 Å². The van der Waals surface area contributed by atoms with E-state index in [0.717, 1.165) is 34.9 Å². The van der Waals surface area contributed by atoms with Gasteiger partial charge in [-0.25, -0.2) is 0 Å². The number of H-pyrrole nitrogens is 1. The van der Waals surface area contributed by atoms with Crippen LogP contribution >= 0.6 is 0 Å². The number of benzene rings is 2. The van der Waals surface area contributed by atoms with E-state index in [1.165, 1.54) is 0 Å². The van der Waals surface area contributed by atoms with E-state index in [4.69, 9.17) is 9.47 Å². The molecule has 154 valence electrons. The van der Waals surface area contributed by atoms with Crippen molar-refractivity contribution in [1.29, 1.82) is 5.26 Å². The van der Waals surface area contributed by atoms with Crippen LogP contribution in [0, 0.1) is 11.3 Å². The monoisotopic (exact) mass is 403 g/mol. The molecule has 1 amide bonds. The number of nitriles is 1. The van der Waals surface area contributed by atoms with Gasteiger partial charge in [-0.3, -0.25) is 4.79 Å². The van der Waals surface area contributed by atoms with E-state index in [0.29, 0.717) is 30.2 Å². The molecule has 0 aliphatic carbocycles. The zero-order valence-corrected chi connectivity index (χ0v) is 17.2. The molecular formula is C24H25N3O3. The summed E-state index contributed by atoms with van der Waals surface area (Å²) in [5.74, 6) is 0.469. The van der Waals surface area contributed by atoms with Gasteiger partial charge in [0, 0.05) is 29.8 Å². The molecule has 30 heavy (non-hydrogen) atoms. The number of ether oxygens (including phenoxy) is 2. The molecule has 2 aromatic carbocycles. The van der Waals surface area contributed by atoms with Gasteiger partial charge in [0.1, 0.15) is 23.6 Å². The first-order chi connectivity index (χ1) is 14.5. The van der Waals surface area contributed by atoms with Gasteiger partial charge in [0.2, 0.25) is 0 Å². The van der Waals surface area contributed by atoms with Crippen LogP contribution in [0.5, 0.6) is 5.75 Å². The predicted octanol–water partition coefficient (Wildman–Crippen LogP) is 4.40. The summed E-state index contributed by atoms with van der Waals surface area (Å²) in [6.45, 7) is 5.23. The summed E-state index contributed by atoms with van der Waals surface area (Å²) in [4.78, 5) is 15.6. The van der Waals surface area contributed by atoms with Gasteiger partial charge in [-0.15, -0.1) is 0 Å². The molecule has 0 saturated carbocycles. The average molecular weight is 403 g/mol. The largest absolute Gasteiger partial charge is 0.489 e. The van der Waals surface area contributed by atoms with Crippen molar-refractivity contribution in [3.05, 3.63) is 53.7 Å². The smallest absolute Gasteiger partial charge is 0.267 e. The van der Waals surface area contributed by atoms with Crippen molar-refractivity contribution in [1.82, 2.24) is 10.3 Å². The van der Waals surface area contributed by atoms with Gasteiger partial charge in [-0.05, 0) is 49.2 Å². The third-order valence-electron chi connectivity index (χ3n) is 5.20. The number of nitrogens with zero attached hydrogens (tertiary/aromatic N) is 1. The lowest BCUT2D eigenvalue weighted by Gasteiger charge is -2.24. The first kappa shape index (κ1) is 20.0. The zero-order valence-electron chi connectivity index (χ0n) is 17.2. The fourth-order valence-corrected chi connectivity index (χ4v) is 3.73. The number of rotatable bonds is 5. The Morgan fingerprint density at radius 3 is 2.77 bits per heavy atom. The van der Waals surface area contributed by atoms with Gasteiger partial charge in [0.15, 0.2) is 0 Å². The molecule has 0 unspecified atom stereocenters. The Hall–Kier alpha value is -3.30. The highest BCUT2D eigenvalue weighted by Gasteiger charge is 2.18. The Balaban J connectivity index is 1.67. The standard InChI is InChI=1S/C24H25N3O3/c1-15(2)26-24(28)22-13-20-19(4-3-5-21(20)27-22)16-6-7-23(17(12-16)14-25)30-18-8-10-29-11-9-18/h3-7,12-13,15,18,27H,8-11H2,1-2H3,(H,26,28). The molecule has 2 N–H and O–H groups in total. The summed E-state index contributed by atoms with van der Waals surface area (Å²) in [6, 6.07) is 15.7. The fraction of sp³-hybridized carbons (Fsp3) is 0.333. The Kier molecular flexibility index (Phi) is 5.73. The zero-order chi connectivity index (χ0) is 21.1. The van der Waals surface area contributed by atoms with Crippen molar-refractivity contribution in [2.24, 2.45) is 0 Å². The molecule has 0 spiro atoms. The van der Waals surface area contributed by atoms with Gasteiger partial charge in [-0.1, -0.05) is 18.2 Å². The summed E-state index contributed by atoms with van der Waals surface area (Å²) in [5, 5.41) is 13.5. The summed E-state index contributed by atoms with van der Waals surface area (Å²) < 4.78 is 11.4. The lowest BCUT2D eigenvalue weighted by molar-refractivity contribution is 0.0254. The van der Waals surface area contributed by atoms with Crippen molar-refractivity contribution in [2.75, 3.05) is 13.2 Å². The maximum absolute atomic E-state index is 12.4. The van der Waals surface area contributed by atoms with Crippen LogP contribution in [0.2, 0.25) is 0 Å². The molecule has 3 aromatic rings. The van der Waals surface area contributed by atoms with Crippen LogP contribution in [-0.2, 0) is 4.74 Å². The van der Waals surface area contributed by atoms with E-state index in [2.05, 4.69) is 16.4 Å². The molecule has 1 saturated heterocycles. The predicted molar refractivity (Wildman–Crippen MR) is 116 cm³/mol. The van der Waals surface area contributed by atoms with E-state index in [9.17, 15) is 10.1 Å². The maximum Gasteiger partial charge on any atom is 0.267 e. The minimum atomic E-state index is -0.134. The highest BCUT2D eigenvalue weighted by Crippen LogP contribution is 2.33. The first-order valence-corrected chi connectivity index (χ1v) is 10.3.